The van der Waals surface area contributed by atoms with Crippen LogP contribution in [0.4, 0.5) is 11.4 Å². The number of nitrogens with one attached hydrogen (secondary N) is 1. The number of rotatable bonds is 3. The van der Waals surface area contributed by atoms with Crippen LogP contribution in [-0.4, -0.2) is 32.2 Å². The maximum Gasteiger partial charge on any atom is 0.228 e. The molecule has 3 aliphatic rings. The van der Waals surface area contributed by atoms with Gasteiger partial charge in [-0.1, -0.05) is 12.2 Å². The largest absolute Gasteiger partial charge is 0.378 e. The minimum absolute atomic E-state index is 0.161. The molecule has 3 atom stereocenters. The van der Waals surface area contributed by atoms with E-state index in [1.165, 1.54) is 5.69 Å². The van der Waals surface area contributed by atoms with E-state index >= 15 is 0 Å². The quantitative estimate of drug-likeness (QED) is 0.872. The fourth-order valence-corrected chi connectivity index (χ4v) is 3.89. The number of carbonyl (C=O) groups is 1. The van der Waals surface area contributed by atoms with Crippen molar-refractivity contribution >= 4 is 17.3 Å². The zero-order valence-electron chi connectivity index (χ0n) is 12.7. The van der Waals surface area contributed by atoms with Gasteiger partial charge in [-0.05, 0) is 48.9 Å². The molecule has 3 unspecified atom stereocenters. The van der Waals surface area contributed by atoms with Crippen LogP contribution in [0, 0.1) is 17.8 Å². The van der Waals surface area contributed by atoms with Crippen molar-refractivity contribution < 1.29 is 9.53 Å². The molecule has 116 valence electrons. The van der Waals surface area contributed by atoms with Gasteiger partial charge in [0.05, 0.1) is 13.2 Å². The van der Waals surface area contributed by atoms with Gasteiger partial charge in [0.1, 0.15) is 0 Å². The Morgan fingerprint density at radius 1 is 1.09 bits per heavy atom. The standard InChI is InChI=1S/C18H22N2O2/c21-18(17-12-13-1-2-14(17)11-13)19-15-3-5-16(6-4-15)20-7-9-22-10-8-20/h1-6,13-14,17H,7-12H2,(H,19,21). The summed E-state index contributed by atoms with van der Waals surface area (Å²) in [4.78, 5) is 14.7. The van der Waals surface area contributed by atoms with Gasteiger partial charge in [-0.2, -0.15) is 0 Å². The number of ether oxygens (including phenoxy) is 1. The number of hydrogen-bond acceptors (Lipinski definition) is 3. The minimum Gasteiger partial charge on any atom is -0.378 e. The number of nitrogens with zero attached hydrogens (tertiary/aromatic N) is 1. The fraction of sp³-hybridized carbons (Fsp3) is 0.500. The molecule has 2 aliphatic carbocycles. The second-order valence-electron chi connectivity index (χ2n) is 6.52. The number of allylic oxidation sites excluding steroid dienone is 2. The maximum atomic E-state index is 12.4. The Bertz CT molecular complexity index is 575. The summed E-state index contributed by atoms with van der Waals surface area (Å²) in [7, 11) is 0. The highest BCUT2D eigenvalue weighted by atomic mass is 16.5. The number of morpholine rings is 1. The molecule has 2 fully saturated rings. The molecule has 1 aromatic carbocycles. The second-order valence-corrected chi connectivity index (χ2v) is 6.52. The van der Waals surface area contributed by atoms with Crippen molar-refractivity contribution in [3.63, 3.8) is 0 Å². The van der Waals surface area contributed by atoms with E-state index in [1.54, 1.807) is 0 Å². The zero-order chi connectivity index (χ0) is 14.9. The van der Waals surface area contributed by atoms with Gasteiger partial charge in [0.25, 0.3) is 0 Å². The summed E-state index contributed by atoms with van der Waals surface area (Å²) < 4.78 is 5.37. The van der Waals surface area contributed by atoms with Crippen LogP contribution in [0.1, 0.15) is 12.8 Å². The summed E-state index contributed by atoms with van der Waals surface area (Å²) in [5, 5.41) is 3.08. The van der Waals surface area contributed by atoms with Crippen LogP contribution >= 0.6 is 0 Å². The third-order valence-corrected chi connectivity index (χ3v) is 5.13. The summed E-state index contributed by atoms with van der Waals surface area (Å²) >= 11 is 0. The minimum atomic E-state index is 0.161. The molecular formula is C18H22N2O2. The molecule has 22 heavy (non-hydrogen) atoms. The van der Waals surface area contributed by atoms with Crippen LogP contribution < -0.4 is 10.2 Å². The first-order valence-corrected chi connectivity index (χ1v) is 8.21. The van der Waals surface area contributed by atoms with E-state index in [9.17, 15) is 4.79 Å². The number of amides is 1. The smallest absolute Gasteiger partial charge is 0.228 e. The number of anilines is 2. The summed E-state index contributed by atoms with van der Waals surface area (Å²) in [6.07, 6.45) is 6.67. The summed E-state index contributed by atoms with van der Waals surface area (Å²) in [6.45, 7) is 3.44. The molecule has 1 N–H and O–H groups in total. The van der Waals surface area contributed by atoms with Crippen molar-refractivity contribution in [3.05, 3.63) is 36.4 Å². The highest BCUT2D eigenvalue weighted by Gasteiger charge is 2.39. The van der Waals surface area contributed by atoms with E-state index in [0.29, 0.717) is 11.8 Å². The average molecular weight is 298 g/mol. The molecule has 1 saturated carbocycles. The van der Waals surface area contributed by atoms with Crippen molar-refractivity contribution in [1.29, 1.82) is 0 Å². The number of hydrogen-bond donors (Lipinski definition) is 1. The first-order chi connectivity index (χ1) is 10.8. The summed E-state index contributed by atoms with van der Waals surface area (Å²) in [6, 6.07) is 8.18. The molecule has 1 amide bonds. The van der Waals surface area contributed by atoms with E-state index < -0.39 is 0 Å². The number of benzene rings is 1. The van der Waals surface area contributed by atoms with Crippen molar-refractivity contribution in [1.82, 2.24) is 0 Å². The van der Waals surface area contributed by atoms with Crippen molar-refractivity contribution in [2.75, 3.05) is 36.5 Å². The molecule has 1 aromatic rings. The van der Waals surface area contributed by atoms with E-state index in [4.69, 9.17) is 4.74 Å². The van der Waals surface area contributed by atoms with Crippen molar-refractivity contribution in [3.8, 4) is 0 Å². The Labute approximate surface area is 131 Å². The van der Waals surface area contributed by atoms with Gasteiger partial charge in [0.15, 0.2) is 0 Å². The number of carbonyl (C=O) groups excluding carboxylic acids is 1. The van der Waals surface area contributed by atoms with Crippen LogP contribution in [-0.2, 0) is 9.53 Å². The monoisotopic (exact) mass is 298 g/mol. The molecule has 4 rings (SSSR count). The van der Waals surface area contributed by atoms with Crippen LogP contribution in [0.2, 0.25) is 0 Å². The van der Waals surface area contributed by atoms with E-state index in [1.807, 2.05) is 12.1 Å². The van der Waals surface area contributed by atoms with Crippen LogP contribution in [0.5, 0.6) is 0 Å². The van der Waals surface area contributed by atoms with Gasteiger partial charge in [0, 0.05) is 30.4 Å². The Balaban J connectivity index is 1.38. The van der Waals surface area contributed by atoms with E-state index in [-0.39, 0.29) is 11.8 Å². The molecule has 0 aromatic heterocycles. The molecule has 1 aliphatic heterocycles. The zero-order valence-corrected chi connectivity index (χ0v) is 12.7. The van der Waals surface area contributed by atoms with Gasteiger partial charge in [-0.15, -0.1) is 0 Å². The van der Waals surface area contributed by atoms with Gasteiger partial charge >= 0.3 is 0 Å². The van der Waals surface area contributed by atoms with Crippen molar-refractivity contribution in [2.45, 2.75) is 12.8 Å². The first kappa shape index (κ1) is 13.8. The summed E-state index contributed by atoms with van der Waals surface area (Å²) in [5.74, 6) is 1.42. The normalized spacial score (nSPS) is 29.8. The lowest BCUT2D eigenvalue weighted by atomic mass is 9.93. The highest BCUT2D eigenvalue weighted by Crippen LogP contribution is 2.43. The van der Waals surface area contributed by atoms with E-state index in [2.05, 4.69) is 34.5 Å². The molecule has 0 radical (unpaired) electrons. The second kappa shape index (κ2) is 5.76. The lowest BCUT2D eigenvalue weighted by Gasteiger charge is -2.29. The van der Waals surface area contributed by atoms with Gasteiger partial charge in [-0.3, -0.25) is 4.79 Å². The first-order valence-electron chi connectivity index (χ1n) is 8.21. The predicted octanol–water partition coefficient (Wildman–Crippen LogP) is 2.67. The molecule has 2 bridgehead atoms. The topological polar surface area (TPSA) is 41.6 Å². The van der Waals surface area contributed by atoms with Gasteiger partial charge in [0.2, 0.25) is 5.91 Å². The predicted molar refractivity (Wildman–Crippen MR) is 86.9 cm³/mol. The van der Waals surface area contributed by atoms with E-state index in [0.717, 1.165) is 44.8 Å². The lowest BCUT2D eigenvalue weighted by Crippen LogP contribution is -2.36. The SMILES string of the molecule is O=C(Nc1ccc(N2CCOCC2)cc1)C1CC2C=CC1C2. The lowest BCUT2D eigenvalue weighted by molar-refractivity contribution is -0.120. The third-order valence-electron chi connectivity index (χ3n) is 5.13. The molecule has 4 heteroatoms. The number of fused-ring (bicyclic) bond motifs is 2. The molecule has 1 saturated heterocycles. The Kier molecular flexibility index (Phi) is 3.62. The highest BCUT2D eigenvalue weighted by molar-refractivity contribution is 5.93. The molecular weight excluding hydrogens is 276 g/mol. The van der Waals surface area contributed by atoms with Crippen LogP contribution in [0.25, 0.3) is 0 Å². The Morgan fingerprint density at radius 2 is 1.86 bits per heavy atom. The van der Waals surface area contributed by atoms with Crippen LogP contribution in [0.15, 0.2) is 36.4 Å². The average Bonchev–Trinajstić information content (AvgIpc) is 3.19. The van der Waals surface area contributed by atoms with Crippen molar-refractivity contribution in [2.24, 2.45) is 17.8 Å². The Morgan fingerprint density at radius 3 is 2.50 bits per heavy atom. The van der Waals surface area contributed by atoms with Crippen LogP contribution in [0.3, 0.4) is 0 Å². The molecule has 1 heterocycles. The Hall–Kier alpha value is -1.81. The molecule has 0 spiro atoms. The molecule has 4 nitrogen and oxygen atoms in total. The van der Waals surface area contributed by atoms with Gasteiger partial charge in [-0.25, -0.2) is 0 Å². The third kappa shape index (κ3) is 2.63. The summed E-state index contributed by atoms with van der Waals surface area (Å²) in [5.41, 5.74) is 2.10. The fourth-order valence-electron chi connectivity index (χ4n) is 3.89. The maximum absolute atomic E-state index is 12.4. The van der Waals surface area contributed by atoms with Gasteiger partial charge < -0.3 is 15.0 Å².